The molecule has 0 saturated heterocycles. The number of nitrogens with two attached hydrogens (primary N) is 1. The van der Waals surface area contributed by atoms with E-state index in [-0.39, 0.29) is 5.56 Å². The molecule has 5 nitrogen and oxygen atoms in total. The zero-order valence-electron chi connectivity index (χ0n) is 13.2. The topological polar surface area (TPSA) is 76.3 Å². The van der Waals surface area contributed by atoms with Crippen molar-refractivity contribution in [3.8, 4) is 0 Å². The molecule has 0 aliphatic heterocycles. The lowest BCUT2D eigenvalue weighted by molar-refractivity contribution is 0.100. The molecule has 0 aliphatic rings. The van der Waals surface area contributed by atoms with Crippen LogP contribution in [-0.2, 0) is 0 Å². The van der Waals surface area contributed by atoms with E-state index < -0.39 is 5.91 Å². The van der Waals surface area contributed by atoms with Gasteiger partial charge in [0.05, 0.1) is 5.39 Å². The standard InChI is InChI=1S/C18H17N3O2S/c1-2-11-21(13-9-7-12(8-10-13)16(19)22)18-20-17(23)14-5-3-4-6-15(14)24-18/h3-10H,2,11H2,1H3,(H2,19,22). The van der Waals surface area contributed by atoms with Gasteiger partial charge in [-0.1, -0.05) is 30.4 Å². The van der Waals surface area contributed by atoms with Crippen LogP contribution >= 0.6 is 11.3 Å². The molecule has 122 valence electrons. The summed E-state index contributed by atoms with van der Waals surface area (Å²) in [5.41, 5.74) is 6.39. The maximum Gasteiger partial charge on any atom is 0.281 e. The Kier molecular flexibility index (Phi) is 4.57. The SMILES string of the molecule is CCCN(c1ccc(C(N)=O)cc1)c1nc(=O)c2ccccc2s1. The molecule has 0 spiro atoms. The molecule has 1 amide bonds. The van der Waals surface area contributed by atoms with Gasteiger partial charge in [0, 0.05) is 22.5 Å². The van der Waals surface area contributed by atoms with Crippen molar-refractivity contribution in [3.63, 3.8) is 0 Å². The molecular formula is C18H17N3O2S. The maximum atomic E-state index is 12.3. The van der Waals surface area contributed by atoms with Gasteiger partial charge >= 0.3 is 0 Å². The molecular weight excluding hydrogens is 322 g/mol. The molecule has 0 unspecified atom stereocenters. The van der Waals surface area contributed by atoms with Crippen LogP contribution in [0.4, 0.5) is 10.8 Å². The summed E-state index contributed by atoms with van der Waals surface area (Å²) in [7, 11) is 0. The van der Waals surface area contributed by atoms with Crippen LogP contribution in [0.3, 0.4) is 0 Å². The highest BCUT2D eigenvalue weighted by Gasteiger charge is 2.14. The predicted octanol–water partition coefficient (Wildman–Crippen LogP) is 3.30. The number of aromatic nitrogens is 1. The van der Waals surface area contributed by atoms with Crippen LogP contribution in [0.1, 0.15) is 23.7 Å². The zero-order valence-corrected chi connectivity index (χ0v) is 14.0. The second-order valence-electron chi connectivity index (χ2n) is 5.36. The molecule has 0 radical (unpaired) electrons. The average Bonchev–Trinajstić information content (AvgIpc) is 2.60. The molecule has 0 aliphatic carbocycles. The van der Waals surface area contributed by atoms with Crippen LogP contribution in [0.5, 0.6) is 0 Å². The third-order valence-electron chi connectivity index (χ3n) is 3.66. The quantitative estimate of drug-likeness (QED) is 0.774. The first kappa shape index (κ1) is 16.1. The van der Waals surface area contributed by atoms with Gasteiger partial charge in [-0.15, -0.1) is 0 Å². The van der Waals surface area contributed by atoms with E-state index in [9.17, 15) is 9.59 Å². The molecule has 1 aromatic heterocycles. The minimum Gasteiger partial charge on any atom is -0.366 e. The number of hydrogen-bond acceptors (Lipinski definition) is 5. The van der Waals surface area contributed by atoms with Gasteiger partial charge in [-0.2, -0.15) is 4.98 Å². The number of primary amides is 1. The Bertz CT molecular complexity index is 935. The molecule has 3 aromatic rings. The fraction of sp³-hybridized carbons (Fsp3) is 0.167. The van der Waals surface area contributed by atoms with Crippen molar-refractivity contribution in [2.24, 2.45) is 5.73 Å². The second kappa shape index (κ2) is 6.80. The van der Waals surface area contributed by atoms with Crippen LogP contribution in [0.25, 0.3) is 10.1 Å². The van der Waals surface area contributed by atoms with Crippen LogP contribution in [0.2, 0.25) is 0 Å². The van der Waals surface area contributed by atoms with Crippen LogP contribution < -0.4 is 16.2 Å². The van der Waals surface area contributed by atoms with E-state index in [0.29, 0.717) is 16.1 Å². The predicted molar refractivity (Wildman–Crippen MR) is 98.1 cm³/mol. The first-order valence-electron chi connectivity index (χ1n) is 7.67. The first-order valence-corrected chi connectivity index (χ1v) is 8.49. The van der Waals surface area contributed by atoms with E-state index in [2.05, 4.69) is 11.9 Å². The number of rotatable bonds is 5. The fourth-order valence-corrected chi connectivity index (χ4v) is 3.52. The van der Waals surface area contributed by atoms with Crippen molar-refractivity contribution in [2.45, 2.75) is 13.3 Å². The number of carbonyl (C=O) groups excluding carboxylic acids is 1. The highest BCUT2D eigenvalue weighted by molar-refractivity contribution is 7.21. The number of carbonyl (C=O) groups is 1. The van der Waals surface area contributed by atoms with Gasteiger partial charge in [-0.3, -0.25) is 9.59 Å². The van der Waals surface area contributed by atoms with Gasteiger partial charge in [0.1, 0.15) is 0 Å². The van der Waals surface area contributed by atoms with Crippen molar-refractivity contribution < 1.29 is 4.79 Å². The Morgan fingerprint density at radius 3 is 2.54 bits per heavy atom. The Balaban J connectivity index is 2.08. The smallest absolute Gasteiger partial charge is 0.281 e. The third-order valence-corrected chi connectivity index (χ3v) is 4.73. The molecule has 0 fully saturated rings. The van der Waals surface area contributed by atoms with Gasteiger partial charge in [-0.25, -0.2) is 0 Å². The number of nitrogens with zero attached hydrogens (tertiary/aromatic N) is 2. The average molecular weight is 339 g/mol. The van der Waals surface area contributed by atoms with Gasteiger partial charge in [0.25, 0.3) is 5.56 Å². The summed E-state index contributed by atoms with van der Waals surface area (Å²) in [5.74, 6) is -0.461. The van der Waals surface area contributed by atoms with Crippen LogP contribution in [0, 0.1) is 0 Å². The highest BCUT2D eigenvalue weighted by Crippen LogP contribution is 2.30. The lowest BCUT2D eigenvalue weighted by Gasteiger charge is -2.22. The largest absolute Gasteiger partial charge is 0.366 e. The van der Waals surface area contributed by atoms with Crippen molar-refractivity contribution in [2.75, 3.05) is 11.4 Å². The summed E-state index contributed by atoms with van der Waals surface area (Å²) in [4.78, 5) is 29.8. The summed E-state index contributed by atoms with van der Waals surface area (Å²) < 4.78 is 0.905. The Hall–Kier alpha value is -2.73. The van der Waals surface area contributed by atoms with Gasteiger partial charge in [0.2, 0.25) is 5.91 Å². The minimum absolute atomic E-state index is 0.228. The van der Waals surface area contributed by atoms with Crippen molar-refractivity contribution in [1.29, 1.82) is 0 Å². The lowest BCUT2D eigenvalue weighted by Crippen LogP contribution is -2.21. The molecule has 2 N–H and O–H groups in total. The van der Waals surface area contributed by atoms with E-state index in [1.807, 2.05) is 35.2 Å². The minimum atomic E-state index is -0.461. The Morgan fingerprint density at radius 2 is 1.88 bits per heavy atom. The molecule has 6 heteroatoms. The second-order valence-corrected chi connectivity index (χ2v) is 6.37. The van der Waals surface area contributed by atoms with Crippen LogP contribution in [-0.4, -0.2) is 17.4 Å². The molecule has 0 saturated carbocycles. The molecule has 0 atom stereocenters. The van der Waals surface area contributed by atoms with E-state index in [1.54, 1.807) is 18.2 Å². The summed E-state index contributed by atoms with van der Waals surface area (Å²) >= 11 is 1.48. The molecule has 2 aromatic carbocycles. The maximum absolute atomic E-state index is 12.3. The van der Waals surface area contributed by atoms with Crippen molar-refractivity contribution >= 4 is 38.1 Å². The van der Waals surface area contributed by atoms with Crippen molar-refractivity contribution in [1.82, 2.24) is 4.98 Å². The Labute approximate surface area is 143 Å². The number of fused-ring (bicyclic) bond motifs is 1. The molecule has 3 rings (SSSR count). The number of hydrogen-bond donors (Lipinski definition) is 1. The summed E-state index contributed by atoms with van der Waals surface area (Å²) in [6.07, 6.45) is 0.896. The van der Waals surface area contributed by atoms with Crippen LogP contribution in [0.15, 0.2) is 53.3 Å². The summed E-state index contributed by atoms with van der Waals surface area (Å²) in [5, 5.41) is 1.28. The van der Waals surface area contributed by atoms with E-state index in [1.165, 1.54) is 11.3 Å². The molecule has 0 bridgehead atoms. The monoisotopic (exact) mass is 339 g/mol. The van der Waals surface area contributed by atoms with E-state index in [0.717, 1.165) is 23.4 Å². The molecule has 1 heterocycles. The Morgan fingerprint density at radius 1 is 1.17 bits per heavy atom. The van der Waals surface area contributed by atoms with E-state index >= 15 is 0 Å². The normalized spacial score (nSPS) is 10.7. The highest BCUT2D eigenvalue weighted by atomic mass is 32.1. The van der Waals surface area contributed by atoms with Gasteiger partial charge < -0.3 is 10.6 Å². The fourth-order valence-electron chi connectivity index (χ4n) is 2.48. The summed E-state index contributed by atoms with van der Waals surface area (Å²) in [6, 6.07) is 14.5. The number of benzene rings is 2. The molecule has 24 heavy (non-hydrogen) atoms. The van der Waals surface area contributed by atoms with Crippen molar-refractivity contribution in [3.05, 3.63) is 64.4 Å². The number of anilines is 2. The third kappa shape index (κ3) is 3.14. The lowest BCUT2D eigenvalue weighted by atomic mass is 10.2. The van der Waals surface area contributed by atoms with Gasteiger partial charge in [-0.05, 0) is 42.8 Å². The van der Waals surface area contributed by atoms with E-state index in [4.69, 9.17) is 5.73 Å². The van der Waals surface area contributed by atoms with Gasteiger partial charge in [0.15, 0.2) is 5.13 Å². The zero-order chi connectivity index (χ0) is 17.1. The number of amides is 1. The first-order chi connectivity index (χ1) is 11.6. The summed E-state index contributed by atoms with van der Waals surface area (Å²) in [6.45, 7) is 2.78.